The van der Waals surface area contributed by atoms with Crippen LogP contribution < -0.4 is 10.6 Å². The lowest BCUT2D eigenvalue weighted by Gasteiger charge is -2.27. The summed E-state index contributed by atoms with van der Waals surface area (Å²) in [5, 5.41) is 0. The molecule has 3 heterocycles. The second-order valence-corrected chi connectivity index (χ2v) is 5.86. The summed E-state index contributed by atoms with van der Waals surface area (Å²) in [7, 11) is 0. The predicted octanol–water partition coefficient (Wildman–Crippen LogP) is 1.78. The molecule has 0 aromatic carbocycles. The Bertz CT molecular complexity index is 415. The molecule has 4 nitrogen and oxygen atoms in total. The minimum absolute atomic E-state index is 0.0171. The zero-order valence-corrected chi connectivity index (χ0v) is 11.8. The molecule has 4 heteroatoms. The van der Waals surface area contributed by atoms with Crippen LogP contribution in [0.2, 0.25) is 0 Å². The molecule has 3 rings (SSSR count). The van der Waals surface area contributed by atoms with E-state index >= 15 is 0 Å². The average Bonchev–Trinajstić information content (AvgIpc) is 2.76. The molecule has 0 amide bonds. The third-order valence-electron chi connectivity index (χ3n) is 4.41. The van der Waals surface area contributed by atoms with E-state index in [2.05, 4.69) is 26.9 Å². The van der Waals surface area contributed by atoms with E-state index in [1.807, 2.05) is 13.1 Å². The van der Waals surface area contributed by atoms with Crippen LogP contribution in [0.4, 0.5) is 5.69 Å². The van der Waals surface area contributed by atoms with Gasteiger partial charge in [-0.05, 0) is 44.9 Å². The highest BCUT2D eigenvalue weighted by Gasteiger charge is 2.28. The third-order valence-corrected chi connectivity index (χ3v) is 4.41. The molecule has 2 atom stereocenters. The van der Waals surface area contributed by atoms with E-state index in [1.165, 1.54) is 38.0 Å². The van der Waals surface area contributed by atoms with Crippen LogP contribution in [-0.2, 0) is 0 Å². The summed E-state index contributed by atoms with van der Waals surface area (Å²) in [6.07, 6.45) is 5.96. The monoisotopic (exact) mass is 260 g/mol. The maximum absolute atomic E-state index is 5.85. The Labute approximate surface area is 115 Å². The number of hydrogen-bond acceptors (Lipinski definition) is 4. The van der Waals surface area contributed by atoms with Crippen molar-refractivity contribution in [3.8, 4) is 0 Å². The van der Waals surface area contributed by atoms with Crippen LogP contribution in [0.1, 0.15) is 37.9 Å². The van der Waals surface area contributed by atoms with Gasteiger partial charge in [0.2, 0.25) is 0 Å². The Morgan fingerprint density at radius 2 is 2.11 bits per heavy atom. The number of aromatic nitrogens is 1. The first-order valence-corrected chi connectivity index (χ1v) is 7.44. The van der Waals surface area contributed by atoms with Crippen molar-refractivity contribution >= 4 is 5.69 Å². The smallest absolute Gasteiger partial charge is 0.0569 e. The van der Waals surface area contributed by atoms with Crippen LogP contribution in [0.3, 0.4) is 0 Å². The quantitative estimate of drug-likeness (QED) is 0.880. The van der Waals surface area contributed by atoms with Crippen LogP contribution in [-0.4, -0.2) is 42.1 Å². The van der Waals surface area contributed by atoms with Crippen molar-refractivity contribution in [2.75, 3.05) is 31.1 Å². The van der Waals surface area contributed by atoms with Crippen LogP contribution in [0.5, 0.6) is 0 Å². The molecule has 19 heavy (non-hydrogen) atoms. The fraction of sp³-hybridized carbons (Fsp3) is 0.667. The summed E-state index contributed by atoms with van der Waals surface area (Å²) in [6, 6.07) is 5.01. The minimum Gasteiger partial charge on any atom is -0.369 e. The predicted molar refractivity (Wildman–Crippen MR) is 78.3 cm³/mol. The van der Waals surface area contributed by atoms with E-state index in [4.69, 9.17) is 5.73 Å². The molecule has 104 valence electrons. The average molecular weight is 260 g/mol. The molecule has 2 N–H and O–H groups in total. The standard InChI is InChI=1S/C15H24N4/c1-12(16)15-6-5-13(10-17-15)19-9-3-8-18-7-2-4-14(18)11-19/h5-6,10,12,14H,2-4,7-9,11,16H2,1H3/t12-,14?/m0/s1. The Balaban J connectivity index is 1.73. The number of nitrogens with two attached hydrogens (primary N) is 1. The first kappa shape index (κ1) is 12.9. The summed E-state index contributed by atoms with van der Waals surface area (Å²) in [5.41, 5.74) is 8.08. The second-order valence-electron chi connectivity index (χ2n) is 5.86. The zero-order chi connectivity index (χ0) is 13.2. The maximum Gasteiger partial charge on any atom is 0.0569 e. The first-order valence-electron chi connectivity index (χ1n) is 7.44. The van der Waals surface area contributed by atoms with Crippen molar-refractivity contribution in [3.63, 3.8) is 0 Å². The van der Waals surface area contributed by atoms with Crippen molar-refractivity contribution in [3.05, 3.63) is 24.0 Å². The molecular formula is C15H24N4. The second kappa shape index (κ2) is 5.47. The molecule has 0 radical (unpaired) electrons. The van der Waals surface area contributed by atoms with Gasteiger partial charge < -0.3 is 10.6 Å². The highest BCUT2D eigenvalue weighted by Crippen LogP contribution is 2.25. The molecule has 0 bridgehead atoms. The van der Waals surface area contributed by atoms with Crippen molar-refractivity contribution < 1.29 is 0 Å². The SMILES string of the molecule is C[C@H](N)c1ccc(N2CCCN3CCCC3C2)cn1. The Kier molecular flexibility index (Phi) is 3.71. The molecule has 2 saturated heterocycles. The number of anilines is 1. The maximum atomic E-state index is 5.85. The fourth-order valence-electron chi connectivity index (χ4n) is 3.30. The first-order chi connectivity index (χ1) is 9.24. The Morgan fingerprint density at radius 1 is 1.26 bits per heavy atom. The minimum atomic E-state index is 0.0171. The van der Waals surface area contributed by atoms with Gasteiger partial charge in [-0.25, -0.2) is 0 Å². The highest BCUT2D eigenvalue weighted by atomic mass is 15.3. The van der Waals surface area contributed by atoms with Gasteiger partial charge in [0.15, 0.2) is 0 Å². The van der Waals surface area contributed by atoms with E-state index in [1.54, 1.807) is 0 Å². The molecular weight excluding hydrogens is 236 g/mol. The Morgan fingerprint density at radius 3 is 2.84 bits per heavy atom. The van der Waals surface area contributed by atoms with Gasteiger partial charge in [0, 0.05) is 31.7 Å². The normalized spacial score (nSPS) is 26.0. The van der Waals surface area contributed by atoms with Gasteiger partial charge in [0.05, 0.1) is 17.6 Å². The summed E-state index contributed by atoms with van der Waals surface area (Å²) >= 11 is 0. The van der Waals surface area contributed by atoms with Crippen molar-refractivity contribution in [1.82, 2.24) is 9.88 Å². The van der Waals surface area contributed by atoms with Gasteiger partial charge in [-0.15, -0.1) is 0 Å². The van der Waals surface area contributed by atoms with Crippen molar-refractivity contribution in [1.29, 1.82) is 0 Å². The topological polar surface area (TPSA) is 45.4 Å². The number of pyridine rings is 1. The van der Waals surface area contributed by atoms with E-state index in [0.29, 0.717) is 0 Å². The molecule has 1 aromatic heterocycles. The summed E-state index contributed by atoms with van der Waals surface area (Å²) in [6.45, 7) is 6.82. The lowest BCUT2D eigenvalue weighted by molar-refractivity contribution is 0.273. The number of fused-ring (bicyclic) bond motifs is 1. The van der Waals surface area contributed by atoms with Crippen molar-refractivity contribution in [2.45, 2.75) is 38.3 Å². The molecule has 0 spiro atoms. The van der Waals surface area contributed by atoms with Gasteiger partial charge in [-0.1, -0.05) is 0 Å². The van der Waals surface area contributed by atoms with Gasteiger partial charge in [0.25, 0.3) is 0 Å². The van der Waals surface area contributed by atoms with E-state index < -0.39 is 0 Å². The summed E-state index contributed by atoms with van der Waals surface area (Å²) in [5.74, 6) is 0. The zero-order valence-electron chi connectivity index (χ0n) is 11.8. The summed E-state index contributed by atoms with van der Waals surface area (Å²) in [4.78, 5) is 9.64. The molecule has 1 aromatic rings. The number of nitrogens with zero attached hydrogens (tertiary/aromatic N) is 3. The lowest BCUT2D eigenvalue weighted by atomic mass is 10.2. The molecule has 1 unspecified atom stereocenters. The lowest BCUT2D eigenvalue weighted by Crippen LogP contribution is -2.36. The largest absolute Gasteiger partial charge is 0.369 e. The highest BCUT2D eigenvalue weighted by molar-refractivity contribution is 5.45. The van der Waals surface area contributed by atoms with E-state index in [0.717, 1.165) is 24.8 Å². The van der Waals surface area contributed by atoms with Crippen LogP contribution >= 0.6 is 0 Å². The van der Waals surface area contributed by atoms with Crippen LogP contribution in [0, 0.1) is 0 Å². The van der Waals surface area contributed by atoms with E-state index in [9.17, 15) is 0 Å². The van der Waals surface area contributed by atoms with Crippen molar-refractivity contribution in [2.24, 2.45) is 5.73 Å². The molecule has 2 fully saturated rings. The van der Waals surface area contributed by atoms with E-state index in [-0.39, 0.29) is 6.04 Å². The summed E-state index contributed by atoms with van der Waals surface area (Å²) < 4.78 is 0. The van der Waals surface area contributed by atoms with Gasteiger partial charge in [-0.3, -0.25) is 9.88 Å². The van der Waals surface area contributed by atoms with Gasteiger partial charge in [-0.2, -0.15) is 0 Å². The molecule has 2 aliphatic heterocycles. The van der Waals surface area contributed by atoms with Gasteiger partial charge >= 0.3 is 0 Å². The molecule has 0 saturated carbocycles. The Hall–Kier alpha value is -1.13. The number of rotatable bonds is 2. The van der Waals surface area contributed by atoms with Gasteiger partial charge in [0.1, 0.15) is 0 Å². The number of hydrogen-bond donors (Lipinski definition) is 1. The van der Waals surface area contributed by atoms with Crippen LogP contribution in [0.25, 0.3) is 0 Å². The van der Waals surface area contributed by atoms with Crippen LogP contribution in [0.15, 0.2) is 18.3 Å². The fourth-order valence-corrected chi connectivity index (χ4v) is 3.30. The molecule has 2 aliphatic rings. The molecule has 0 aliphatic carbocycles. The third kappa shape index (κ3) is 2.74.